The lowest BCUT2D eigenvalue weighted by Gasteiger charge is -2.13. The third kappa shape index (κ3) is 2.31. The van der Waals surface area contributed by atoms with E-state index in [1.165, 1.54) is 16.7 Å². The van der Waals surface area contributed by atoms with Gasteiger partial charge in [0, 0.05) is 0 Å². The maximum absolute atomic E-state index is 13.6. The number of hydrogen-bond acceptors (Lipinski definition) is 0. The molecule has 94 valence electrons. The Morgan fingerprint density at radius 1 is 0.944 bits per heavy atom. The van der Waals surface area contributed by atoms with Gasteiger partial charge in [0.1, 0.15) is 5.82 Å². The van der Waals surface area contributed by atoms with Crippen LogP contribution >= 0.6 is 0 Å². The van der Waals surface area contributed by atoms with E-state index in [1.54, 1.807) is 6.07 Å². The van der Waals surface area contributed by atoms with E-state index in [2.05, 4.69) is 32.0 Å². The average molecular weight is 242 g/mol. The molecule has 0 nitrogen and oxygen atoms in total. The molecule has 0 atom stereocenters. The molecule has 0 heterocycles. The predicted octanol–water partition coefficient (Wildman–Crippen LogP) is 4.93. The number of aryl methyl sites for hydroxylation is 3. The summed E-state index contributed by atoms with van der Waals surface area (Å²) in [4.78, 5) is 0. The molecular weight excluding hydrogens is 223 g/mol. The molecule has 0 aliphatic heterocycles. The highest BCUT2D eigenvalue weighted by Gasteiger charge is 2.09. The van der Waals surface area contributed by atoms with Gasteiger partial charge in [0.15, 0.2) is 0 Å². The summed E-state index contributed by atoms with van der Waals surface area (Å²) in [6, 6.07) is 11.8. The van der Waals surface area contributed by atoms with Crippen molar-refractivity contribution in [2.24, 2.45) is 0 Å². The SMILES string of the molecule is CCc1cc(-c2c(C)cccc2CC)ccc1F. The van der Waals surface area contributed by atoms with Gasteiger partial charge >= 0.3 is 0 Å². The fourth-order valence-electron chi connectivity index (χ4n) is 2.44. The molecule has 0 unspecified atom stereocenters. The fourth-order valence-corrected chi connectivity index (χ4v) is 2.44. The second-order valence-corrected chi connectivity index (χ2v) is 4.62. The second kappa shape index (κ2) is 5.34. The molecule has 1 heteroatoms. The predicted molar refractivity (Wildman–Crippen MR) is 75.3 cm³/mol. The second-order valence-electron chi connectivity index (χ2n) is 4.62. The van der Waals surface area contributed by atoms with Crippen molar-refractivity contribution in [3.05, 3.63) is 58.9 Å². The number of halogens is 1. The maximum Gasteiger partial charge on any atom is 0.126 e. The third-order valence-electron chi connectivity index (χ3n) is 3.46. The van der Waals surface area contributed by atoms with Crippen molar-refractivity contribution in [3.8, 4) is 11.1 Å². The first-order valence-electron chi connectivity index (χ1n) is 6.54. The van der Waals surface area contributed by atoms with Crippen molar-refractivity contribution in [2.45, 2.75) is 33.6 Å². The summed E-state index contributed by atoms with van der Waals surface area (Å²) in [6.45, 7) is 6.26. The first kappa shape index (κ1) is 12.8. The number of rotatable bonds is 3. The Hall–Kier alpha value is -1.63. The van der Waals surface area contributed by atoms with Crippen molar-refractivity contribution in [1.29, 1.82) is 0 Å². The Morgan fingerprint density at radius 3 is 2.33 bits per heavy atom. The van der Waals surface area contributed by atoms with Crippen LogP contribution in [0.25, 0.3) is 11.1 Å². The van der Waals surface area contributed by atoms with Crippen LogP contribution in [0.15, 0.2) is 36.4 Å². The summed E-state index contributed by atoms with van der Waals surface area (Å²) >= 11 is 0. The monoisotopic (exact) mass is 242 g/mol. The smallest absolute Gasteiger partial charge is 0.126 e. The summed E-state index contributed by atoms with van der Waals surface area (Å²) in [5.74, 6) is -0.104. The zero-order chi connectivity index (χ0) is 13.1. The van der Waals surface area contributed by atoms with Crippen molar-refractivity contribution in [1.82, 2.24) is 0 Å². The van der Waals surface area contributed by atoms with E-state index in [9.17, 15) is 4.39 Å². The first-order valence-corrected chi connectivity index (χ1v) is 6.54. The van der Waals surface area contributed by atoms with Crippen LogP contribution in [-0.2, 0) is 12.8 Å². The summed E-state index contributed by atoms with van der Waals surface area (Å²) in [5, 5.41) is 0. The van der Waals surface area contributed by atoms with E-state index >= 15 is 0 Å². The molecule has 2 rings (SSSR count). The first-order chi connectivity index (χ1) is 8.67. The third-order valence-corrected chi connectivity index (χ3v) is 3.46. The number of hydrogen-bond donors (Lipinski definition) is 0. The molecule has 18 heavy (non-hydrogen) atoms. The van der Waals surface area contributed by atoms with E-state index in [0.29, 0.717) is 0 Å². The molecule has 0 aromatic heterocycles. The fraction of sp³-hybridized carbons (Fsp3) is 0.294. The lowest BCUT2D eigenvalue weighted by Crippen LogP contribution is -1.94. The maximum atomic E-state index is 13.6. The Kier molecular flexibility index (Phi) is 3.81. The summed E-state index contributed by atoms with van der Waals surface area (Å²) in [5.41, 5.74) is 5.75. The van der Waals surface area contributed by atoms with Gasteiger partial charge < -0.3 is 0 Å². The number of benzene rings is 2. The highest BCUT2D eigenvalue weighted by molar-refractivity contribution is 5.71. The zero-order valence-corrected chi connectivity index (χ0v) is 11.3. The molecule has 2 aromatic carbocycles. The summed E-state index contributed by atoms with van der Waals surface area (Å²) < 4.78 is 13.6. The van der Waals surface area contributed by atoms with Crippen LogP contribution in [0.3, 0.4) is 0 Å². The Morgan fingerprint density at radius 2 is 1.67 bits per heavy atom. The van der Waals surface area contributed by atoms with Gasteiger partial charge in [-0.25, -0.2) is 4.39 Å². The van der Waals surface area contributed by atoms with Gasteiger partial charge in [0.05, 0.1) is 0 Å². The van der Waals surface area contributed by atoms with Gasteiger partial charge in [-0.3, -0.25) is 0 Å². The quantitative estimate of drug-likeness (QED) is 0.716. The summed E-state index contributed by atoms with van der Waals surface area (Å²) in [7, 11) is 0. The van der Waals surface area contributed by atoms with Crippen LogP contribution in [0.4, 0.5) is 4.39 Å². The van der Waals surface area contributed by atoms with E-state index in [1.807, 2.05) is 19.1 Å². The van der Waals surface area contributed by atoms with Crippen molar-refractivity contribution < 1.29 is 4.39 Å². The van der Waals surface area contributed by atoms with Gasteiger partial charge in [-0.2, -0.15) is 0 Å². The molecule has 0 radical (unpaired) electrons. The van der Waals surface area contributed by atoms with Crippen LogP contribution < -0.4 is 0 Å². The standard InChI is InChI=1S/C17H19F/c1-4-13-8-6-7-12(3)17(13)15-9-10-16(18)14(5-2)11-15/h6-11H,4-5H2,1-3H3. The van der Waals surface area contributed by atoms with Gasteiger partial charge in [0.2, 0.25) is 0 Å². The van der Waals surface area contributed by atoms with E-state index < -0.39 is 0 Å². The van der Waals surface area contributed by atoms with Gasteiger partial charge in [-0.15, -0.1) is 0 Å². The van der Waals surface area contributed by atoms with Crippen LogP contribution in [0, 0.1) is 12.7 Å². The Bertz CT molecular complexity index is 556. The lowest BCUT2D eigenvalue weighted by atomic mass is 9.92. The topological polar surface area (TPSA) is 0 Å². The molecular formula is C17H19F. The normalized spacial score (nSPS) is 10.7. The Balaban J connectivity index is 2.61. The lowest BCUT2D eigenvalue weighted by molar-refractivity contribution is 0.612. The highest BCUT2D eigenvalue weighted by Crippen LogP contribution is 2.29. The molecule has 0 amide bonds. The average Bonchev–Trinajstić information content (AvgIpc) is 2.39. The Labute approximate surface area is 108 Å². The van der Waals surface area contributed by atoms with Gasteiger partial charge in [-0.05, 0) is 59.7 Å². The molecule has 0 saturated heterocycles. The van der Waals surface area contributed by atoms with E-state index in [4.69, 9.17) is 0 Å². The summed E-state index contributed by atoms with van der Waals surface area (Å²) in [6.07, 6.45) is 1.73. The van der Waals surface area contributed by atoms with Crippen LogP contribution in [-0.4, -0.2) is 0 Å². The molecule has 0 N–H and O–H groups in total. The largest absolute Gasteiger partial charge is 0.207 e. The van der Waals surface area contributed by atoms with Crippen LogP contribution in [0.5, 0.6) is 0 Å². The van der Waals surface area contributed by atoms with Crippen LogP contribution in [0.1, 0.15) is 30.5 Å². The molecule has 0 bridgehead atoms. The minimum absolute atomic E-state index is 0.104. The van der Waals surface area contributed by atoms with Gasteiger partial charge in [0.25, 0.3) is 0 Å². The molecule has 0 spiro atoms. The molecule has 0 aliphatic carbocycles. The van der Waals surface area contributed by atoms with Crippen LogP contribution in [0.2, 0.25) is 0 Å². The van der Waals surface area contributed by atoms with Gasteiger partial charge in [-0.1, -0.05) is 38.1 Å². The van der Waals surface area contributed by atoms with E-state index in [0.717, 1.165) is 24.0 Å². The minimum atomic E-state index is -0.104. The van der Waals surface area contributed by atoms with Crippen molar-refractivity contribution >= 4 is 0 Å². The van der Waals surface area contributed by atoms with Crippen molar-refractivity contribution in [3.63, 3.8) is 0 Å². The molecule has 0 fully saturated rings. The van der Waals surface area contributed by atoms with E-state index in [-0.39, 0.29) is 5.82 Å². The minimum Gasteiger partial charge on any atom is -0.207 e. The zero-order valence-electron chi connectivity index (χ0n) is 11.3. The highest BCUT2D eigenvalue weighted by atomic mass is 19.1. The molecule has 2 aromatic rings. The molecule has 0 aliphatic rings. The molecule has 0 saturated carbocycles. The van der Waals surface area contributed by atoms with Crippen molar-refractivity contribution in [2.75, 3.05) is 0 Å².